The maximum Gasteiger partial charge on any atom is 0.248 e. The first-order valence-corrected chi connectivity index (χ1v) is 6.38. The van der Waals surface area contributed by atoms with Gasteiger partial charge in [0, 0.05) is 45.1 Å². The number of amides is 1. The number of piperazine rings is 1. The van der Waals surface area contributed by atoms with E-state index >= 15 is 0 Å². The SMILES string of the molecule is NCCOCC(=O)N1CCN(c2cnccn2)CC1. The highest BCUT2D eigenvalue weighted by molar-refractivity contribution is 5.77. The maximum atomic E-state index is 11.8. The van der Waals surface area contributed by atoms with Gasteiger partial charge in [0.1, 0.15) is 12.4 Å². The van der Waals surface area contributed by atoms with Crippen molar-refractivity contribution in [1.82, 2.24) is 14.9 Å². The summed E-state index contributed by atoms with van der Waals surface area (Å²) >= 11 is 0. The van der Waals surface area contributed by atoms with Gasteiger partial charge in [-0.3, -0.25) is 9.78 Å². The van der Waals surface area contributed by atoms with Crippen molar-refractivity contribution in [2.24, 2.45) is 5.73 Å². The maximum absolute atomic E-state index is 11.8. The fourth-order valence-corrected chi connectivity index (χ4v) is 1.97. The number of aromatic nitrogens is 2. The van der Waals surface area contributed by atoms with E-state index in [1.165, 1.54) is 0 Å². The Labute approximate surface area is 112 Å². The molecule has 0 spiro atoms. The third-order valence-electron chi connectivity index (χ3n) is 2.99. The highest BCUT2D eigenvalue weighted by Crippen LogP contribution is 2.11. The molecule has 1 aromatic heterocycles. The molecule has 0 unspecified atom stereocenters. The van der Waals surface area contributed by atoms with Crippen molar-refractivity contribution in [1.29, 1.82) is 0 Å². The van der Waals surface area contributed by atoms with Crippen LogP contribution in [0.5, 0.6) is 0 Å². The molecule has 1 fully saturated rings. The Bertz CT molecular complexity index is 392. The lowest BCUT2D eigenvalue weighted by Gasteiger charge is -2.35. The molecule has 1 aromatic rings. The quantitative estimate of drug-likeness (QED) is 0.695. The molecule has 2 N–H and O–H groups in total. The van der Waals surface area contributed by atoms with E-state index in [4.69, 9.17) is 10.5 Å². The minimum Gasteiger partial charge on any atom is -0.370 e. The molecule has 0 saturated carbocycles. The second-order valence-electron chi connectivity index (χ2n) is 4.27. The van der Waals surface area contributed by atoms with Crippen LogP contribution >= 0.6 is 0 Å². The van der Waals surface area contributed by atoms with Crippen molar-refractivity contribution >= 4 is 11.7 Å². The fraction of sp³-hybridized carbons (Fsp3) is 0.583. The summed E-state index contributed by atoms with van der Waals surface area (Å²) in [7, 11) is 0. The third-order valence-corrected chi connectivity index (χ3v) is 2.99. The van der Waals surface area contributed by atoms with Gasteiger partial charge in [0.05, 0.1) is 12.8 Å². The van der Waals surface area contributed by atoms with E-state index in [1.807, 2.05) is 4.90 Å². The lowest BCUT2D eigenvalue weighted by atomic mass is 10.3. The standard InChI is InChI=1S/C12H19N5O2/c13-1-8-19-10-12(18)17-6-4-16(5-7-17)11-9-14-2-3-15-11/h2-3,9H,1,4-8,10,13H2. The number of carbonyl (C=O) groups is 1. The number of hydrogen-bond donors (Lipinski definition) is 1. The van der Waals surface area contributed by atoms with Crippen molar-refractivity contribution in [3.05, 3.63) is 18.6 Å². The molecule has 1 saturated heterocycles. The number of nitrogens with two attached hydrogens (primary N) is 1. The van der Waals surface area contributed by atoms with Gasteiger partial charge in [0.25, 0.3) is 0 Å². The number of anilines is 1. The van der Waals surface area contributed by atoms with Gasteiger partial charge in [-0.1, -0.05) is 0 Å². The van der Waals surface area contributed by atoms with Crippen LogP contribution in [0.15, 0.2) is 18.6 Å². The molecule has 0 radical (unpaired) electrons. The van der Waals surface area contributed by atoms with Crippen LogP contribution in [0.4, 0.5) is 5.82 Å². The molecule has 0 atom stereocenters. The predicted octanol–water partition coefficient (Wildman–Crippen LogP) is -0.899. The number of hydrogen-bond acceptors (Lipinski definition) is 6. The molecular formula is C12H19N5O2. The second-order valence-corrected chi connectivity index (χ2v) is 4.27. The summed E-state index contributed by atoms with van der Waals surface area (Å²) in [6, 6.07) is 0. The van der Waals surface area contributed by atoms with Gasteiger partial charge in [0.2, 0.25) is 5.91 Å². The predicted molar refractivity (Wildman–Crippen MR) is 70.7 cm³/mol. The molecule has 19 heavy (non-hydrogen) atoms. The fourth-order valence-electron chi connectivity index (χ4n) is 1.97. The molecule has 2 heterocycles. The molecule has 2 rings (SSSR count). The van der Waals surface area contributed by atoms with Gasteiger partial charge < -0.3 is 20.3 Å². The van der Waals surface area contributed by atoms with Gasteiger partial charge in [-0.2, -0.15) is 0 Å². The molecule has 1 amide bonds. The Morgan fingerprint density at radius 2 is 2.11 bits per heavy atom. The van der Waals surface area contributed by atoms with Crippen LogP contribution in [0, 0.1) is 0 Å². The van der Waals surface area contributed by atoms with Crippen LogP contribution in [0.3, 0.4) is 0 Å². The minimum absolute atomic E-state index is 0.0206. The molecule has 1 aliphatic rings. The molecule has 0 aromatic carbocycles. The van der Waals surface area contributed by atoms with Crippen molar-refractivity contribution in [3.63, 3.8) is 0 Å². The molecule has 0 bridgehead atoms. The van der Waals surface area contributed by atoms with Crippen LogP contribution in [-0.2, 0) is 9.53 Å². The summed E-state index contributed by atoms with van der Waals surface area (Å²) in [4.78, 5) is 24.1. The van der Waals surface area contributed by atoms with Gasteiger partial charge in [-0.15, -0.1) is 0 Å². The van der Waals surface area contributed by atoms with E-state index in [0.29, 0.717) is 26.2 Å². The molecular weight excluding hydrogens is 246 g/mol. The number of rotatable bonds is 5. The zero-order valence-corrected chi connectivity index (χ0v) is 10.9. The topological polar surface area (TPSA) is 84.6 Å². The lowest BCUT2D eigenvalue weighted by Crippen LogP contribution is -2.50. The first-order valence-electron chi connectivity index (χ1n) is 6.38. The smallest absolute Gasteiger partial charge is 0.248 e. The van der Waals surface area contributed by atoms with Crippen molar-refractivity contribution in [2.45, 2.75) is 0 Å². The molecule has 104 valence electrons. The number of ether oxygens (including phenoxy) is 1. The monoisotopic (exact) mass is 265 g/mol. The third kappa shape index (κ3) is 3.87. The Morgan fingerprint density at radius 3 is 2.74 bits per heavy atom. The zero-order valence-electron chi connectivity index (χ0n) is 10.9. The van der Waals surface area contributed by atoms with Crippen LogP contribution in [0.25, 0.3) is 0 Å². The minimum atomic E-state index is 0.0206. The van der Waals surface area contributed by atoms with Crippen LogP contribution in [-0.4, -0.2) is 66.7 Å². The van der Waals surface area contributed by atoms with Crippen LogP contribution in [0.2, 0.25) is 0 Å². The number of nitrogens with zero attached hydrogens (tertiary/aromatic N) is 4. The average Bonchev–Trinajstić information content (AvgIpc) is 2.48. The van der Waals surface area contributed by atoms with Crippen molar-refractivity contribution in [2.75, 3.05) is 50.8 Å². The van der Waals surface area contributed by atoms with E-state index in [0.717, 1.165) is 18.9 Å². The van der Waals surface area contributed by atoms with Crippen molar-refractivity contribution in [3.8, 4) is 0 Å². The largest absolute Gasteiger partial charge is 0.370 e. The van der Waals surface area contributed by atoms with E-state index in [2.05, 4.69) is 14.9 Å². The van der Waals surface area contributed by atoms with Crippen LogP contribution in [0.1, 0.15) is 0 Å². The van der Waals surface area contributed by atoms with E-state index < -0.39 is 0 Å². The normalized spacial score (nSPS) is 15.6. The van der Waals surface area contributed by atoms with E-state index in [-0.39, 0.29) is 12.5 Å². The van der Waals surface area contributed by atoms with E-state index in [1.54, 1.807) is 18.6 Å². The van der Waals surface area contributed by atoms with E-state index in [9.17, 15) is 4.79 Å². The zero-order chi connectivity index (χ0) is 13.5. The summed E-state index contributed by atoms with van der Waals surface area (Å²) in [5.74, 6) is 0.876. The summed E-state index contributed by atoms with van der Waals surface area (Å²) in [5, 5.41) is 0. The van der Waals surface area contributed by atoms with Gasteiger partial charge in [0.15, 0.2) is 0 Å². The Morgan fingerprint density at radius 1 is 1.32 bits per heavy atom. The molecule has 7 nitrogen and oxygen atoms in total. The summed E-state index contributed by atoms with van der Waals surface area (Å²) in [6.07, 6.45) is 5.06. The lowest BCUT2D eigenvalue weighted by molar-refractivity contribution is -0.136. The Balaban J connectivity index is 1.77. The Hall–Kier alpha value is -1.73. The Kier molecular flexibility index (Phi) is 5.05. The average molecular weight is 265 g/mol. The first kappa shape index (κ1) is 13.7. The highest BCUT2D eigenvalue weighted by Gasteiger charge is 2.21. The highest BCUT2D eigenvalue weighted by atomic mass is 16.5. The van der Waals surface area contributed by atoms with Crippen LogP contribution < -0.4 is 10.6 Å². The van der Waals surface area contributed by atoms with Gasteiger partial charge in [-0.05, 0) is 0 Å². The number of carbonyl (C=O) groups excluding carboxylic acids is 1. The molecule has 1 aliphatic heterocycles. The molecule has 0 aliphatic carbocycles. The second kappa shape index (κ2) is 7.01. The van der Waals surface area contributed by atoms with Crippen molar-refractivity contribution < 1.29 is 9.53 Å². The summed E-state index contributed by atoms with van der Waals surface area (Å²) < 4.78 is 5.16. The summed E-state index contributed by atoms with van der Waals surface area (Å²) in [6.45, 7) is 3.87. The molecule has 7 heteroatoms. The van der Waals surface area contributed by atoms with Gasteiger partial charge >= 0.3 is 0 Å². The summed E-state index contributed by atoms with van der Waals surface area (Å²) in [5.41, 5.74) is 5.31. The first-order chi connectivity index (χ1) is 9.31. The van der Waals surface area contributed by atoms with Gasteiger partial charge in [-0.25, -0.2) is 4.98 Å².